The highest BCUT2D eigenvalue weighted by molar-refractivity contribution is 6.26. The Hall–Kier alpha value is -3.07. The number of aliphatic hydroxyl groups is 1. The molecule has 2 amide bonds. The van der Waals surface area contributed by atoms with Gasteiger partial charge in [0.15, 0.2) is 5.76 Å². The molecule has 1 aromatic rings. The van der Waals surface area contributed by atoms with Gasteiger partial charge in [-0.3, -0.25) is 14.4 Å². The second kappa shape index (κ2) is 9.29. The molecular weight excluding hydrogens is 446 g/mol. The van der Waals surface area contributed by atoms with Gasteiger partial charge in [-0.25, -0.2) is 8.78 Å². The Balaban J connectivity index is 1.59. The molecule has 1 saturated carbocycles. The van der Waals surface area contributed by atoms with Crippen LogP contribution in [0.3, 0.4) is 0 Å². The molecule has 1 heterocycles. The predicted octanol–water partition coefficient (Wildman–Crippen LogP) is 2.81. The first kappa shape index (κ1) is 24.1. The number of rotatable bonds is 6. The van der Waals surface area contributed by atoms with Gasteiger partial charge >= 0.3 is 0 Å². The van der Waals surface area contributed by atoms with Gasteiger partial charge in [-0.05, 0) is 38.2 Å². The zero-order chi connectivity index (χ0) is 24.6. The number of ketones is 1. The lowest BCUT2D eigenvalue weighted by atomic mass is 9.72. The van der Waals surface area contributed by atoms with Crippen molar-refractivity contribution in [3.05, 3.63) is 58.4 Å². The minimum Gasteiger partial charge on any atom is -0.504 e. The fourth-order valence-electron chi connectivity index (χ4n) is 5.41. The van der Waals surface area contributed by atoms with E-state index in [9.17, 15) is 28.3 Å². The van der Waals surface area contributed by atoms with E-state index in [1.54, 1.807) is 12.0 Å². The number of likely N-dealkylation sites (N-methyl/N-ethyl adjacent to an activating group) is 1. The van der Waals surface area contributed by atoms with Gasteiger partial charge < -0.3 is 20.1 Å². The van der Waals surface area contributed by atoms with Crippen LogP contribution in [0.4, 0.5) is 8.78 Å². The number of halogens is 2. The highest BCUT2D eigenvalue weighted by Crippen LogP contribution is 2.63. The van der Waals surface area contributed by atoms with E-state index in [0.29, 0.717) is 38.6 Å². The average molecular weight is 475 g/mol. The van der Waals surface area contributed by atoms with E-state index in [2.05, 4.69) is 5.32 Å². The molecule has 3 atom stereocenters. The summed E-state index contributed by atoms with van der Waals surface area (Å²) in [5.74, 6) is -4.46. The Morgan fingerprint density at radius 1 is 1.32 bits per heavy atom. The van der Waals surface area contributed by atoms with Crippen LogP contribution < -0.4 is 5.32 Å². The van der Waals surface area contributed by atoms with Crippen molar-refractivity contribution in [2.45, 2.75) is 32.7 Å². The molecule has 3 aliphatic rings. The number of ether oxygens (including phenoxy) is 1. The maximum absolute atomic E-state index is 13.9. The first-order valence-corrected chi connectivity index (χ1v) is 11.4. The van der Waals surface area contributed by atoms with Crippen LogP contribution in [-0.4, -0.2) is 54.4 Å². The van der Waals surface area contributed by atoms with Crippen molar-refractivity contribution in [1.82, 2.24) is 10.2 Å². The molecule has 7 nitrogen and oxygen atoms in total. The minimum atomic E-state index is -0.929. The van der Waals surface area contributed by atoms with E-state index >= 15 is 0 Å². The molecule has 9 heteroatoms. The lowest BCUT2D eigenvalue weighted by molar-refractivity contribution is -0.133. The number of hydrogen-bond acceptors (Lipinski definition) is 5. The molecule has 0 aromatic heterocycles. The molecule has 2 N–H and O–H groups in total. The molecule has 1 aromatic carbocycles. The van der Waals surface area contributed by atoms with Gasteiger partial charge in [0.05, 0.1) is 11.1 Å². The predicted molar refractivity (Wildman–Crippen MR) is 118 cm³/mol. The van der Waals surface area contributed by atoms with Crippen LogP contribution >= 0.6 is 0 Å². The summed E-state index contributed by atoms with van der Waals surface area (Å²) >= 11 is 0. The van der Waals surface area contributed by atoms with Gasteiger partial charge in [0.2, 0.25) is 5.78 Å². The van der Waals surface area contributed by atoms with Gasteiger partial charge in [0.1, 0.15) is 11.6 Å². The van der Waals surface area contributed by atoms with Crippen molar-refractivity contribution in [3.8, 4) is 0 Å². The number of fused-ring (bicyclic) bond motifs is 2. The maximum Gasteiger partial charge on any atom is 0.255 e. The fraction of sp³-hybridized carbons (Fsp3) is 0.480. The number of nitrogens with one attached hydrogen (secondary N) is 1. The molecule has 2 aliphatic carbocycles. The quantitative estimate of drug-likeness (QED) is 0.619. The molecule has 34 heavy (non-hydrogen) atoms. The van der Waals surface area contributed by atoms with Crippen LogP contribution in [0.2, 0.25) is 0 Å². The largest absolute Gasteiger partial charge is 0.504 e. The van der Waals surface area contributed by atoms with Crippen LogP contribution in [0.5, 0.6) is 0 Å². The maximum atomic E-state index is 13.9. The van der Waals surface area contributed by atoms with Crippen molar-refractivity contribution in [2.24, 2.45) is 17.3 Å². The number of allylic oxidation sites excluding steroid dienone is 2. The van der Waals surface area contributed by atoms with Crippen molar-refractivity contribution < 1.29 is 33.0 Å². The average Bonchev–Trinajstić information content (AvgIpc) is 3.48. The minimum absolute atomic E-state index is 0.0530. The Morgan fingerprint density at radius 3 is 2.76 bits per heavy atom. The van der Waals surface area contributed by atoms with Crippen LogP contribution in [0.15, 0.2) is 41.2 Å². The van der Waals surface area contributed by atoms with E-state index in [-0.39, 0.29) is 46.4 Å². The number of piperidine rings is 1. The topological polar surface area (TPSA) is 95.9 Å². The Bertz CT molecular complexity index is 1100. The van der Waals surface area contributed by atoms with E-state index in [1.165, 1.54) is 12.1 Å². The van der Waals surface area contributed by atoms with E-state index in [4.69, 9.17) is 4.74 Å². The second-order valence-electron chi connectivity index (χ2n) is 9.17. The van der Waals surface area contributed by atoms with Crippen LogP contribution in [0.1, 0.15) is 31.7 Å². The molecule has 1 spiro atoms. The van der Waals surface area contributed by atoms with Crippen molar-refractivity contribution in [2.75, 3.05) is 26.8 Å². The fourth-order valence-corrected chi connectivity index (χ4v) is 5.41. The summed E-state index contributed by atoms with van der Waals surface area (Å²) in [4.78, 5) is 40.7. The first-order chi connectivity index (χ1) is 16.2. The lowest BCUT2D eigenvalue weighted by Crippen LogP contribution is -2.49. The van der Waals surface area contributed by atoms with Crippen LogP contribution in [0.25, 0.3) is 0 Å². The van der Waals surface area contributed by atoms with Gasteiger partial charge in [-0.2, -0.15) is 0 Å². The molecule has 0 bridgehead atoms. The third-order valence-electron chi connectivity index (χ3n) is 7.29. The standard InChI is InChI=1S/C25H28F2N2O5/c1-3-29-13-25(10-15(25)12-34-2)18-6-4-5-17(21(30)22(31)20(18)24(29)33)23(32)28-11-14-7-8-16(26)9-19(14)27/h5,7-9,15,18,31H,3-4,6,10-13H2,1-2H3,(H,28,32)/b17-5+,22-20-/t15-,18?,25-/m0/s1. The SMILES string of the molecule is CCN1C[C@]2(C[C@H]2COC)C2CC/C=C(/C(=O)NCc3ccc(F)cc3F)C(=O)/C(O)=C\2C1=O. The molecular formula is C25H28F2N2O5. The van der Waals surface area contributed by atoms with E-state index < -0.39 is 29.1 Å². The number of likely N-dealkylation sites (tertiary alicyclic amines) is 1. The highest BCUT2D eigenvalue weighted by Gasteiger charge is 2.64. The van der Waals surface area contributed by atoms with Crippen LogP contribution in [0, 0.1) is 28.9 Å². The molecule has 4 rings (SSSR count). The first-order valence-electron chi connectivity index (χ1n) is 11.4. The van der Waals surface area contributed by atoms with Gasteiger partial charge in [-0.1, -0.05) is 12.1 Å². The Morgan fingerprint density at radius 2 is 2.09 bits per heavy atom. The highest BCUT2D eigenvalue weighted by atomic mass is 19.1. The molecule has 1 aliphatic heterocycles. The molecule has 1 saturated heterocycles. The van der Waals surface area contributed by atoms with Gasteiger partial charge in [-0.15, -0.1) is 0 Å². The third kappa shape index (κ3) is 4.13. The molecule has 0 radical (unpaired) electrons. The summed E-state index contributed by atoms with van der Waals surface area (Å²) < 4.78 is 32.3. The lowest BCUT2D eigenvalue weighted by Gasteiger charge is -2.41. The van der Waals surface area contributed by atoms with Gasteiger partial charge in [0, 0.05) is 56.3 Å². The summed E-state index contributed by atoms with van der Waals surface area (Å²) in [6, 6.07) is 2.98. The summed E-state index contributed by atoms with van der Waals surface area (Å²) in [7, 11) is 1.62. The number of Topliss-reactive ketones (excluding diaryl/α,β-unsaturated/α-hetero) is 1. The summed E-state index contributed by atoms with van der Waals surface area (Å²) in [5, 5.41) is 13.4. The molecule has 2 fully saturated rings. The zero-order valence-electron chi connectivity index (χ0n) is 19.2. The Labute approximate surface area is 196 Å². The number of amides is 2. The number of benzene rings is 1. The van der Waals surface area contributed by atoms with E-state index in [1.807, 2.05) is 6.92 Å². The third-order valence-corrected chi connectivity index (χ3v) is 7.29. The summed E-state index contributed by atoms with van der Waals surface area (Å²) in [6.45, 7) is 3.10. The number of aliphatic hydroxyl groups excluding tert-OH is 1. The van der Waals surface area contributed by atoms with Crippen molar-refractivity contribution in [1.29, 1.82) is 0 Å². The normalized spacial score (nSPS) is 30.4. The number of methoxy groups -OCH3 is 1. The summed E-state index contributed by atoms with van der Waals surface area (Å²) in [6.07, 6.45) is 3.16. The number of nitrogens with zero attached hydrogens (tertiary/aromatic N) is 1. The molecule has 182 valence electrons. The number of carbonyl (C=O) groups excluding carboxylic acids is 3. The zero-order valence-corrected chi connectivity index (χ0v) is 19.2. The van der Waals surface area contributed by atoms with Gasteiger partial charge in [0.25, 0.3) is 11.8 Å². The smallest absolute Gasteiger partial charge is 0.255 e. The van der Waals surface area contributed by atoms with Crippen LogP contribution in [-0.2, 0) is 25.7 Å². The van der Waals surface area contributed by atoms with Crippen molar-refractivity contribution >= 4 is 17.6 Å². The van der Waals surface area contributed by atoms with E-state index in [0.717, 1.165) is 12.5 Å². The monoisotopic (exact) mass is 474 g/mol. The Kier molecular flexibility index (Phi) is 6.58. The number of hydrogen-bond donors (Lipinski definition) is 2. The second-order valence-corrected chi connectivity index (χ2v) is 9.17. The van der Waals surface area contributed by atoms with Crippen molar-refractivity contribution in [3.63, 3.8) is 0 Å². The molecule has 1 unspecified atom stereocenters. The number of carbonyl (C=O) groups is 3. The summed E-state index contributed by atoms with van der Waals surface area (Å²) in [5.41, 5.74) is -0.431.